The Morgan fingerprint density at radius 2 is 1.88 bits per heavy atom. The highest BCUT2D eigenvalue weighted by Gasteiger charge is 2.24. The maximum Gasteiger partial charge on any atom is 0.344 e. The first-order valence-corrected chi connectivity index (χ1v) is 9.62. The number of carbonyl (C=O) groups excluding carboxylic acids is 1. The first-order valence-electron chi connectivity index (χ1n) is 9.62. The molecule has 0 aromatic heterocycles. The average molecular weight is 475 g/mol. The average Bonchev–Trinajstić information content (AvgIpc) is 2.57. The lowest BCUT2D eigenvalue weighted by molar-refractivity contribution is -0.914. The fourth-order valence-electron chi connectivity index (χ4n) is 3.55. The van der Waals surface area contributed by atoms with E-state index in [0.717, 1.165) is 34.3 Å². The molecule has 5 heteroatoms. The number of halogens is 1. The molecule has 0 atom stereocenters. The molecule has 0 bridgehead atoms. The molecule has 1 saturated heterocycles. The second-order valence-electron chi connectivity index (χ2n) is 7.91. The predicted octanol–water partition coefficient (Wildman–Crippen LogP) is 1.07. The summed E-state index contributed by atoms with van der Waals surface area (Å²) in [5, 5.41) is 0. The molecule has 0 unspecified atom stereocenters. The minimum absolute atomic E-state index is 0. The van der Waals surface area contributed by atoms with Crippen LogP contribution in [0.15, 0.2) is 18.2 Å². The molecule has 1 heterocycles. The lowest BCUT2D eigenvalue weighted by atomic mass is 10.0. The highest BCUT2D eigenvalue weighted by Crippen LogP contribution is 2.27. The Morgan fingerprint density at radius 3 is 2.54 bits per heavy atom. The summed E-state index contributed by atoms with van der Waals surface area (Å²) in [6.45, 7) is 10.3. The van der Waals surface area contributed by atoms with Gasteiger partial charge in [-0.2, -0.15) is 0 Å². The number of hydrogen-bond acceptors (Lipinski definition) is 3. The third-order valence-corrected chi connectivity index (χ3v) is 5.14. The molecular formula is C21H34INO3. The van der Waals surface area contributed by atoms with Crippen LogP contribution in [-0.2, 0) is 9.53 Å². The quantitative estimate of drug-likeness (QED) is 0.244. The van der Waals surface area contributed by atoms with Crippen LogP contribution in [0.2, 0.25) is 0 Å². The largest absolute Gasteiger partial charge is 1.00 e. The molecule has 0 N–H and O–H groups in total. The third-order valence-electron chi connectivity index (χ3n) is 5.14. The van der Waals surface area contributed by atoms with Gasteiger partial charge in [-0.15, -0.1) is 0 Å². The van der Waals surface area contributed by atoms with Crippen LogP contribution in [0.5, 0.6) is 5.75 Å². The van der Waals surface area contributed by atoms with Crippen molar-refractivity contribution in [3.63, 3.8) is 0 Å². The van der Waals surface area contributed by atoms with Crippen molar-refractivity contribution in [2.45, 2.75) is 52.4 Å². The van der Waals surface area contributed by atoms with Crippen LogP contribution in [0.1, 0.15) is 56.6 Å². The lowest BCUT2D eigenvalue weighted by Gasteiger charge is -2.37. The Bertz CT molecular complexity index is 568. The molecule has 0 amide bonds. The van der Waals surface area contributed by atoms with Crippen molar-refractivity contribution in [3.8, 4) is 5.75 Å². The summed E-state index contributed by atoms with van der Waals surface area (Å²) in [6.07, 6.45) is 4.92. The number of rotatable bonds is 8. The Kier molecular flexibility index (Phi) is 9.93. The Hall–Kier alpha value is -0.820. The van der Waals surface area contributed by atoms with Gasteiger partial charge in [-0.05, 0) is 49.3 Å². The molecule has 26 heavy (non-hydrogen) atoms. The van der Waals surface area contributed by atoms with Gasteiger partial charge in [0.15, 0.2) is 6.61 Å². The zero-order chi connectivity index (χ0) is 18.3. The molecule has 0 spiro atoms. The van der Waals surface area contributed by atoms with Crippen LogP contribution in [0.4, 0.5) is 0 Å². The van der Waals surface area contributed by atoms with Crippen molar-refractivity contribution in [1.29, 1.82) is 0 Å². The first-order chi connectivity index (χ1) is 11.9. The van der Waals surface area contributed by atoms with E-state index in [-0.39, 0.29) is 36.6 Å². The van der Waals surface area contributed by atoms with Crippen molar-refractivity contribution in [3.05, 3.63) is 29.3 Å². The summed E-state index contributed by atoms with van der Waals surface area (Å²) in [5.74, 6) is 0.872. The number of esters is 1. The van der Waals surface area contributed by atoms with Crippen molar-refractivity contribution in [1.82, 2.24) is 0 Å². The van der Waals surface area contributed by atoms with Crippen LogP contribution in [0.3, 0.4) is 0 Å². The van der Waals surface area contributed by atoms with Gasteiger partial charge in [0.1, 0.15) is 5.75 Å². The number of aryl methyl sites for hydroxylation is 1. The molecule has 0 radical (unpaired) electrons. The van der Waals surface area contributed by atoms with Gasteiger partial charge < -0.3 is 37.9 Å². The number of ether oxygens (including phenoxy) is 2. The standard InChI is InChI=1S/C21H34NO3.HI/c1-17(2)19-10-9-18(3)15-20(19)25-16-21(23)24-14-8-13-22(4)11-6-5-7-12-22;/h9-10,15,17H,5-8,11-14,16H2,1-4H3;1H/q+1;/p-1. The van der Waals surface area contributed by atoms with Crippen molar-refractivity contribution >= 4 is 5.97 Å². The van der Waals surface area contributed by atoms with E-state index in [1.54, 1.807) is 0 Å². The number of carbonyl (C=O) groups is 1. The lowest BCUT2D eigenvalue weighted by Crippen LogP contribution is -3.00. The highest BCUT2D eigenvalue weighted by molar-refractivity contribution is 5.71. The predicted molar refractivity (Wildman–Crippen MR) is 101 cm³/mol. The summed E-state index contributed by atoms with van der Waals surface area (Å²) in [7, 11) is 2.31. The molecule has 0 aliphatic carbocycles. The Balaban J connectivity index is 0.00000338. The van der Waals surface area contributed by atoms with E-state index in [2.05, 4.69) is 33.0 Å². The van der Waals surface area contributed by atoms with Gasteiger partial charge in [0.2, 0.25) is 0 Å². The topological polar surface area (TPSA) is 35.5 Å². The molecule has 1 aliphatic rings. The summed E-state index contributed by atoms with van der Waals surface area (Å²) in [4.78, 5) is 12.0. The van der Waals surface area contributed by atoms with Gasteiger partial charge in [-0.1, -0.05) is 26.0 Å². The summed E-state index contributed by atoms with van der Waals surface area (Å²) >= 11 is 0. The second-order valence-corrected chi connectivity index (χ2v) is 7.91. The van der Waals surface area contributed by atoms with Crippen molar-refractivity contribution in [2.24, 2.45) is 0 Å². The molecule has 1 aromatic carbocycles. The Labute approximate surface area is 175 Å². The first kappa shape index (κ1) is 23.2. The third kappa shape index (κ3) is 7.43. The smallest absolute Gasteiger partial charge is 0.344 e. The van der Waals surface area contributed by atoms with E-state index in [9.17, 15) is 4.79 Å². The normalized spacial score (nSPS) is 16.0. The van der Waals surface area contributed by atoms with E-state index in [1.807, 2.05) is 13.0 Å². The van der Waals surface area contributed by atoms with E-state index < -0.39 is 0 Å². The number of nitrogens with zero attached hydrogens (tertiary/aromatic N) is 1. The summed E-state index contributed by atoms with van der Waals surface area (Å²) in [6, 6.07) is 6.14. The fraction of sp³-hybridized carbons (Fsp3) is 0.667. The molecule has 1 fully saturated rings. The van der Waals surface area contributed by atoms with Gasteiger partial charge >= 0.3 is 5.97 Å². The maximum atomic E-state index is 12.0. The van der Waals surface area contributed by atoms with Gasteiger partial charge in [0.25, 0.3) is 0 Å². The van der Waals surface area contributed by atoms with E-state index in [0.29, 0.717) is 12.5 Å². The molecule has 148 valence electrons. The van der Waals surface area contributed by atoms with Crippen LogP contribution in [-0.4, -0.2) is 50.3 Å². The zero-order valence-corrected chi connectivity index (χ0v) is 18.9. The molecule has 4 nitrogen and oxygen atoms in total. The SMILES string of the molecule is Cc1ccc(C(C)C)c(OCC(=O)OCCC[N+]2(C)CCCCC2)c1.[I-]. The Morgan fingerprint density at radius 1 is 1.19 bits per heavy atom. The number of benzene rings is 1. The fourth-order valence-corrected chi connectivity index (χ4v) is 3.55. The van der Waals surface area contributed by atoms with Crippen LogP contribution < -0.4 is 28.7 Å². The van der Waals surface area contributed by atoms with Crippen LogP contribution in [0, 0.1) is 6.92 Å². The van der Waals surface area contributed by atoms with Gasteiger partial charge in [0, 0.05) is 6.42 Å². The molecule has 1 aromatic rings. The number of likely N-dealkylation sites (tertiary alicyclic amines) is 1. The number of hydrogen-bond donors (Lipinski definition) is 0. The summed E-state index contributed by atoms with van der Waals surface area (Å²) < 4.78 is 12.2. The van der Waals surface area contributed by atoms with Gasteiger partial charge in [-0.25, -0.2) is 4.79 Å². The maximum absolute atomic E-state index is 12.0. The molecule has 1 aliphatic heterocycles. The number of piperidine rings is 1. The van der Waals surface area contributed by atoms with Gasteiger partial charge in [-0.3, -0.25) is 0 Å². The van der Waals surface area contributed by atoms with E-state index in [4.69, 9.17) is 9.47 Å². The minimum Gasteiger partial charge on any atom is -1.00 e. The monoisotopic (exact) mass is 475 g/mol. The minimum atomic E-state index is -0.280. The van der Waals surface area contributed by atoms with Crippen LogP contribution >= 0.6 is 0 Å². The number of quaternary nitrogens is 1. The second kappa shape index (κ2) is 11.1. The van der Waals surface area contributed by atoms with Crippen molar-refractivity contribution in [2.75, 3.05) is 39.9 Å². The zero-order valence-electron chi connectivity index (χ0n) is 16.7. The van der Waals surface area contributed by atoms with E-state index >= 15 is 0 Å². The summed E-state index contributed by atoms with van der Waals surface area (Å²) in [5.41, 5.74) is 2.26. The molecular weight excluding hydrogens is 441 g/mol. The van der Waals surface area contributed by atoms with E-state index in [1.165, 1.54) is 32.4 Å². The molecule has 2 rings (SSSR count). The van der Waals surface area contributed by atoms with Crippen molar-refractivity contribution < 1.29 is 42.7 Å². The van der Waals surface area contributed by atoms with Gasteiger partial charge in [0.05, 0.1) is 33.3 Å². The molecule has 0 saturated carbocycles. The highest BCUT2D eigenvalue weighted by atomic mass is 127. The van der Waals surface area contributed by atoms with Crippen LogP contribution in [0.25, 0.3) is 0 Å².